The Morgan fingerprint density at radius 3 is 1.01 bits per heavy atom. The molecule has 0 saturated carbocycles. The molecule has 0 radical (unpaired) electrons. The van der Waals surface area contributed by atoms with Crippen LogP contribution in [0.1, 0.15) is 0 Å². The first kappa shape index (κ1) is 44.3. The maximum atomic E-state index is 5.55. The molecule has 14 rings (SSSR count). The van der Waals surface area contributed by atoms with Crippen LogP contribution in [0.3, 0.4) is 0 Å². The number of benzene rings is 11. The topological polar surface area (TPSA) is 55.0 Å². The van der Waals surface area contributed by atoms with Crippen molar-refractivity contribution >= 4 is 77.7 Å². The highest BCUT2D eigenvalue weighted by molar-refractivity contribution is 6.12. The summed E-state index contributed by atoms with van der Waals surface area (Å²) in [4.78, 5) is 21.1. The molecule has 0 aliphatic carbocycles. The molecule has 0 aliphatic rings. The number of hydrogen-bond donors (Lipinski definition) is 0. The van der Waals surface area contributed by atoms with Crippen LogP contribution in [-0.2, 0) is 0 Å². The summed E-state index contributed by atoms with van der Waals surface area (Å²) >= 11 is 0. The fourth-order valence-corrected chi connectivity index (χ4v) is 10.8. The van der Waals surface area contributed by atoms with E-state index in [9.17, 15) is 0 Å². The molecular weight excluding hydrogens is 927 g/mol. The van der Waals surface area contributed by atoms with Crippen LogP contribution < -0.4 is 9.80 Å². The van der Waals surface area contributed by atoms with E-state index in [0.717, 1.165) is 94.4 Å². The monoisotopic (exact) mass is 973 g/mol. The Morgan fingerprint density at radius 1 is 0.224 bits per heavy atom. The second kappa shape index (κ2) is 18.9. The van der Waals surface area contributed by atoms with Gasteiger partial charge in [-0.1, -0.05) is 182 Å². The quantitative estimate of drug-likeness (QED) is 0.129. The summed E-state index contributed by atoms with van der Waals surface area (Å²) in [7, 11) is 0. The molecular formula is C69H47N7. The lowest BCUT2D eigenvalue weighted by Gasteiger charge is -2.25. The molecule has 3 heterocycles. The summed E-state index contributed by atoms with van der Waals surface area (Å²) in [6.45, 7) is 0. The lowest BCUT2D eigenvalue weighted by atomic mass is 9.99. The SMILES string of the molecule is c1ccc(-c2ccc(-c3cccc(-c4nc(-n5c6ccccc6c6cc(N(c7ccccc7)c7ccccc7)ccc65)nc(-n5c6ccccc6c6cc(N(c7ccccc7)c7ccccc7)ccc65)n4)c3)cc2)cc1. The molecule has 7 heteroatoms. The summed E-state index contributed by atoms with van der Waals surface area (Å²) in [6.07, 6.45) is 0. The van der Waals surface area contributed by atoms with Crippen molar-refractivity contribution in [3.05, 3.63) is 285 Å². The largest absolute Gasteiger partial charge is 0.310 e. The molecule has 14 aromatic rings. The molecule has 7 nitrogen and oxygen atoms in total. The average Bonchev–Trinajstić information content (AvgIpc) is 4.05. The Kier molecular flexibility index (Phi) is 11.0. The normalized spacial score (nSPS) is 11.4. The number of fused-ring (bicyclic) bond motifs is 6. The molecule has 0 atom stereocenters. The van der Waals surface area contributed by atoms with Crippen LogP contribution in [0.4, 0.5) is 34.1 Å². The number of rotatable bonds is 11. The zero-order valence-corrected chi connectivity index (χ0v) is 41.3. The molecule has 0 amide bonds. The third-order valence-electron chi connectivity index (χ3n) is 14.3. The van der Waals surface area contributed by atoms with Crippen molar-refractivity contribution in [1.29, 1.82) is 0 Å². The summed E-state index contributed by atoms with van der Waals surface area (Å²) in [5.41, 5.74) is 15.7. The number of hydrogen-bond acceptors (Lipinski definition) is 5. The molecule has 3 aromatic heterocycles. The molecule has 0 saturated heterocycles. The van der Waals surface area contributed by atoms with Crippen LogP contribution in [-0.4, -0.2) is 24.1 Å². The lowest BCUT2D eigenvalue weighted by Crippen LogP contribution is -2.11. The van der Waals surface area contributed by atoms with Gasteiger partial charge in [-0.25, -0.2) is 0 Å². The molecule has 11 aromatic carbocycles. The maximum Gasteiger partial charge on any atom is 0.240 e. The Balaban J connectivity index is 0.979. The predicted molar refractivity (Wildman–Crippen MR) is 314 cm³/mol. The second-order valence-corrected chi connectivity index (χ2v) is 18.9. The minimum Gasteiger partial charge on any atom is -0.310 e. The van der Waals surface area contributed by atoms with Crippen LogP contribution in [0.25, 0.3) is 89.2 Å². The Morgan fingerprint density at radius 2 is 0.566 bits per heavy atom. The van der Waals surface area contributed by atoms with Gasteiger partial charge >= 0.3 is 0 Å². The Hall–Kier alpha value is -10.4. The molecule has 76 heavy (non-hydrogen) atoms. The third kappa shape index (κ3) is 7.91. The van der Waals surface area contributed by atoms with Crippen LogP contribution in [0.5, 0.6) is 0 Å². The third-order valence-corrected chi connectivity index (χ3v) is 14.3. The van der Waals surface area contributed by atoms with Crippen LogP contribution >= 0.6 is 0 Å². The molecule has 0 unspecified atom stereocenters. The van der Waals surface area contributed by atoms with Gasteiger partial charge < -0.3 is 9.80 Å². The van der Waals surface area contributed by atoms with E-state index in [1.165, 1.54) is 11.1 Å². The van der Waals surface area contributed by atoms with Crippen molar-refractivity contribution in [3.8, 4) is 45.5 Å². The number of anilines is 6. The minimum absolute atomic E-state index is 0.515. The van der Waals surface area contributed by atoms with Crippen LogP contribution in [0.15, 0.2) is 285 Å². The zero-order chi connectivity index (χ0) is 50.4. The van der Waals surface area contributed by atoms with E-state index >= 15 is 0 Å². The number of aromatic nitrogens is 5. The van der Waals surface area contributed by atoms with E-state index in [1.807, 2.05) is 0 Å². The van der Waals surface area contributed by atoms with Crippen LogP contribution in [0, 0.1) is 0 Å². The maximum absolute atomic E-state index is 5.55. The van der Waals surface area contributed by atoms with Crippen molar-refractivity contribution < 1.29 is 0 Å². The lowest BCUT2D eigenvalue weighted by molar-refractivity contribution is 0.893. The summed E-state index contributed by atoms with van der Waals surface area (Å²) in [6, 6.07) is 100. The van der Waals surface area contributed by atoms with Crippen LogP contribution in [0.2, 0.25) is 0 Å². The first-order valence-electron chi connectivity index (χ1n) is 25.6. The minimum atomic E-state index is 0.515. The predicted octanol–water partition coefficient (Wildman–Crippen LogP) is 18.0. The van der Waals surface area contributed by atoms with Crippen molar-refractivity contribution in [2.75, 3.05) is 9.80 Å². The van der Waals surface area contributed by atoms with E-state index in [0.29, 0.717) is 17.7 Å². The van der Waals surface area contributed by atoms with Gasteiger partial charge in [0.2, 0.25) is 11.9 Å². The van der Waals surface area contributed by atoms with Gasteiger partial charge in [-0.15, -0.1) is 0 Å². The van der Waals surface area contributed by atoms with E-state index in [2.05, 4.69) is 304 Å². The fraction of sp³-hybridized carbons (Fsp3) is 0. The highest BCUT2D eigenvalue weighted by Gasteiger charge is 2.23. The smallest absolute Gasteiger partial charge is 0.240 e. The summed E-state index contributed by atoms with van der Waals surface area (Å²) < 4.78 is 4.41. The standard InChI is InChI=1S/C69H47N7/c1-6-21-48(22-7-1)49-37-39-50(40-38-49)51-23-20-24-52(45-51)67-70-68(75-63-35-18-16-33-59(63)61-46-57(41-43-65(61)75)73(53-25-8-2-9-26-53)54-27-10-3-11-28-54)72-69(71-67)76-64-36-19-17-34-60(64)62-47-58(42-44-66(62)76)74(55-29-12-4-13-30-55)56-31-14-5-15-32-56/h1-47H. The molecule has 358 valence electrons. The van der Waals surface area contributed by atoms with E-state index in [-0.39, 0.29) is 0 Å². The number of nitrogens with zero attached hydrogens (tertiary/aromatic N) is 7. The fourth-order valence-electron chi connectivity index (χ4n) is 10.8. The average molecular weight is 974 g/mol. The van der Waals surface area contributed by atoms with Crippen molar-refractivity contribution in [2.24, 2.45) is 0 Å². The zero-order valence-electron chi connectivity index (χ0n) is 41.3. The molecule has 0 bridgehead atoms. The van der Waals surface area contributed by atoms with E-state index in [4.69, 9.17) is 15.0 Å². The van der Waals surface area contributed by atoms with Gasteiger partial charge in [-0.3, -0.25) is 9.13 Å². The van der Waals surface area contributed by atoms with Crippen molar-refractivity contribution in [2.45, 2.75) is 0 Å². The van der Waals surface area contributed by atoms with Gasteiger partial charge in [-0.05, 0) is 125 Å². The van der Waals surface area contributed by atoms with Gasteiger partial charge in [0.15, 0.2) is 5.82 Å². The van der Waals surface area contributed by atoms with E-state index in [1.54, 1.807) is 0 Å². The Bertz CT molecular complexity index is 4090. The van der Waals surface area contributed by atoms with Gasteiger partial charge in [0.1, 0.15) is 0 Å². The van der Waals surface area contributed by atoms with Gasteiger partial charge in [-0.2, -0.15) is 15.0 Å². The van der Waals surface area contributed by atoms with Crippen molar-refractivity contribution in [1.82, 2.24) is 24.1 Å². The first-order chi connectivity index (χ1) is 37.7. The summed E-state index contributed by atoms with van der Waals surface area (Å²) in [5.74, 6) is 1.59. The number of para-hydroxylation sites is 6. The van der Waals surface area contributed by atoms with Gasteiger partial charge in [0.05, 0.1) is 22.1 Å². The second-order valence-electron chi connectivity index (χ2n) is 18.9. The molecule has 0 spiro atoms. The van der Waals surface area contributed by atoms with Crippen molar-refractivity contribution in [3.63, 3.8) is 0 Å². The highest BCUT2D eigenvalue weighted by atomic mass is 15.3. The Labute approximate surface area is 440 Å². The molecule has 0 aliphatic heterocycles. The van der Waals surface area contributed by atoms with E-state index < -0.39 is 0 Å². The first-order valence-corrected chi connectivity index (χ1v) is 25.6. The van der Waals surface area contributed by atoms with Gasteiger partial charge in [0.25, 0.3) is 0 Å². The summed E-state index contributed by atoms with van der Waals surface area (Å²) in [5, 5.41) is 4.35. The highest BCUT2D eigenvalue weighted by Crippen LogP contribution is 2.42. The van der Waals surface area contributed by atoms with Gasteiger partial charge in [0, 0.05) is 61.2 Å². The molecule has 0 N–H and O–H groups in total. The molecule has 0 fully saturated rings.